The third-order valence-corrected chi connectivity index (χ3v) is 8.46. The lowest BCUT2D eigenvalue weighted by atomic mass is 9.80. The molecule has 35 heavy (non-hydrogen) atoms. The Hall–Kier alpha value is -3.40. The van der Waals surface area contributed by atoms with E-state index in [9.17, 15) is 4.79 Å². The molecule has 6 heteroatoms. The van der Waals surface area contributed by atoms with Crippen molar-refractivity contribution in [2.45, 2.75) is 38.6 Å². The number of carboxylic acids is 1. The van der Waals surface area contributed by atoms with E-state index in [0.717, 1.165) is 21.1 Å². The molecule has 1 unspecified atom stereocenters. The van der Waals surface area contributed by atoms with Crippen LogP contribution in [0, 0.1) is 11.3 Å². The van der Waals surface area contributed by atoms with E-state index >= 15 is 0 Å². The van der Waals surface area contributed by atoms with E-state index in [1.807, 2.05) is 18.2 Å². The fraction of sp³-hybridized carbons (Fsp3) is 0.241. The number of carboxylic acid groups (broad SMARTS) is 1. The SMILES string of the molecule is CC1CC(C)(C)N(C)c2ccc(/C=C/c3ccc(/C=C/c4ccc(/C=C(/C#N)C(=O)O)s4)s3)cc21. The fourth-order valence-corrected chi connectivity index (χ4v) is 6.08. The zero-order valence-electron chi connectivity index (χ0n) is 20.3. The van der Waals surface area contributed by atoms with E-state index in [4.69, 9.17) is 10.4 Å². The molecule has 178 valence electrons. The molecule has 0 saturated heterocycles. The van der Waals surface area contributed by atoms with E-state index < -0.39 is 5.97 Å². The van der Waals surface area contributed by atoms with Crippen molar-refractivity contribution >= 4 is 64.7 Å². The second kappa shape index (κ2) is 10.1. The molecule has 0 spiro atoms. The number of rotatable bonds is 6. The highest BCUT2D eigenvalue weighted by atomic mass is 32.1. The third-order valence-electron chi connectivity index (χ3n) is 6.44. The van der Waals surface area contributed by atoms with Gasteiger partial charge in [0.2, 0.25) is 0 Å². The monoisotopic (exact) mass is 500 g/mol. The van der Waals surface area contributed by atoms with Gasteiger partial charge in [0.05, 0.1) is 0 Å². The smallest absolute Gasteiger partial charge is 0.346 e. The molecule has 4 rings (SSSR count). The van der Waals surface area contributed by atoms with Crippen molar-refractivity contribution in [3.63, 3.8) is 0 Å². The summed E-state index contributed by atoms with van der Waals surface area (Å²) in [7, 11) is 2.19. The van der Waals surface area contributed by atoms with E-state index in [-0.39, 0.29) is 11.1 Å². The number of aliphatic carboxylic acids is 1. The number of hydrogen-bond acceptors (Lipinski definition) is 5. The van der Waals surface area contributed by atoms with Crippen molar-refractivity contribution in [3.8, 4) is 6.07 Å². The van der Waals surface area contributed by atoms with Gasteiger partial charge < -0.3 is 10.0 Å². The van der Waals surface area contributed by atoms with E-state index in [2.05, 4.69) is 81.3 Å². The summed E-state index contributed by atoms with van der Waals surface area (Å²) in [6.07, 6.45) is 11.0. The van der Waals surface area contributed by atoms with Crippen molar-refractivity contribution in [2.24, 2.45) is 0 Å². The van der Waals surface area contributed by atoms with Gasteiger partial charge in [0.1, 0.15) is 11.6 Å². The van der Waals surface area contributed by atoms with Crippen LogP contribution in [-0.2, 0) is 4.79 Å². The molecule has 2 aromatic heterocycles. The Morgan fingerprint density at radius 3 is 2.20 bits per heavy atom. The van der Waals surface area contributed by atoms with Crippen LogP contribution in [-0.4, -0.2) is 23.7 Å². The molecule has 0 fully saturated rings. The van der Waals surface area contributed by atoms with Crippen LogP contribution < -0.4 is 4.90 Å². The Labute approximate surface area is 214 Å². The number of nitriles is 1. The second-order valence-electron chi connectivity index (χ2n) is 9.42. The van der Waals surface area contributed by atoms with Gasteiger partial charge in [-0.1, -0.05) is 19.1 Å². The molecule has 0 aliphatic carbocycles. The lowest BCUT2D eigenvalue weighted by molar-refractivity contribution is -0.132. The standard InChI is InChI=1S/C29H28N2O2S2/c1-19-17-29(2,3)31(4)27-14-6-20(15-26(19)27)5-7-22-8-9-23(34-22)10-11-24-12-13-25(35-24)16-21(18-30)28(32)33/h5-16,19H,17H2,1-4H3,(H,32,33)/b7-5+,11-10+,21-16-. The summed E-state index contributed by atoms with van der Waals surface area (Å²) in [5.41, 5.74) is 3.87. The maximum atomic E-state index is 11.0. The molecule has 1 aromatic carbocycles. The average molecular weight is 501 g/mol. The summed E-state index contributed by atoms with van der Waals surface area (Å²) in [5, 5.41) is 17.9. The number of fused-ring (bicyclic) bond motifs is 1. The summed E-state index contributed by atoms with van der Waals surface area (Å²) in [6, 6.07) is 16.4. The molecule has 1 aliphatic rings. The maximum absolute atomic E-state index is 11.0. The van der Waals surface area contributed by atoms with Crippen LogP contribution in [0.15, 0.2) is 48.0 Å². The first-order valence-electron chi connectivity index (χ1n) is 11.4. The number of benzene rings is 1. The van der Waals surface area contributed by atoms with Crippen molar-refractivity contribution in [1.29, 1.82) is 5.26 Å². The van der Waals surface area contributed by atoms with E-state index in [1.165, 1.54) is 39.1 Å². The molecule has 3 aromatic rings. The second-order valence-corrected chi connectivity index (χ2v) is 11.7. The van der Waals surface area contributed by atoms with Gasteiger partial charge in [-0.15, -0.1) is 22.7 Å². The highest BCUT2D eigenvalue weighted by Crippen LogP contribution is 2.42. The first-order chi connectivity index (χ1) is 16.7. The number of nitrogens with zero attached hydrogens (tertiary/aromatic N) is 2. The van der Waals surface area contributed by atoms with Gasteiger partial charge in [0.15, 0.2) is 0 Å². The topological polar surface area (TPSA) is 64.3 Å². The Morgan fingerprint density at radius 2 is 1.60 bits per heavy atom. The third kappa shape index (κ3) is 5.64. The first kappa shape index (κ1) is 24.7. The highest BCUT2D eigenvalue weighted by molar-refractivity contribution is 7.14. The minimum absolute atomic E-state index is 0.171. The maximum Gasteiger partial charge on any atom is 0.346 e. The molecule has 0 saturated carbocycles. The van der Waals surface area contributed by atoms with Crippen LogP contribution in [0.4, 0.5) is 5.69 Å². The molecule has 1 aliphatic heterocycles. The molecule has 1 N–H and O–H groups in total. The van der Waals surface area contributed by atoms with E-state index in [1.54, 1.807) is 17.4 Å². The first-order valence-corrected chi connectivity index (χ1v) is 13.1. The predicted molar refractivity (Wildman–Crippen MR) is 150 cm³/mol. The zero-order chi connectivity index (χ0) is 25.2. The van der Waals surface area contributed by atoms with Crippen molar-refractivity contribution in [2.75, 3.05) is 11.9 Å². The Kier molecular flexibility index (Phi) is 7.11. The molecule has 0 bridgehead atoms. The minimum Gasteiger partial charge on any atom is -0.477 e. The number of hydrogen-bond donors (Lipinski definition) is 1. The van der Waals surface area contributed by atoms with Crippen LogP contribution in [0.25, 0.3) is 30.4 Å². The van der Waals surface area contributed by atoms with Crippen LogP contribution >= 0.6 is 22.7 Å². The predicted octanol–water partition coefficient (Wildman–Crippen LogP) is 7.86. The number of carbonyl (C=O) groups is 1. The van der Waals surface area contributed by atoms with E-state index in [0.29, 0.717) is 5.92 Å². The van der Waals surface area contributed by atoms with Gasteiger partial charge >= 0.3 is 5.97 Å². The van der Waals surface area contributed by atoms with Crippen LogP contribution in [0.1, 0.15) is 63.7 Å². The molecule has 3 heterocycles. The normalized spacial score (nSPS) is 17.6. The van der Waals surface area contributed by atoms with Crippen molar-refractivity contribution in [3.05, 3.63) is 78.7 Å². The van der Waals surface area contributed by atoms with Gasteiger partial charge in [-0.05, 0) is 98.0 Å². The molecular formula is C29H28N2O2S2. The summed E-state index contributed by atoms with van der Waals surface area (Å²) in [6.45, 7) is 6.93. The van der Waals surface area contributed by atoms with Crippen LogP contribution in [0.3, 0.4) is 0 Å². The summed E-state index contributed by atoms with van der Waals surface area (Å²) in [5.74, 6) is -0.676. The summed E-state index contributed by atoms with van der Waals surface area (Å²) < 4.78 is 0. The van der Waals surface area contributed by atoms with Crippen LogP contribution in [0.2, 0.25) is 0 Å². The van der Waals surface area contributed by atoms with Gasteiger partial charge in [-0.2, -0.15) is 5.26 Å². The van der Waals surface area contributed by atoms with Gasteiger partial charge in [-0.25, -0.2) is 4.79 Å². The Morgan fingerprint density at radius 1 is 1.03 bits per heavy atom. The molecule has 4 nitrogen and oxygen atoms in total. The summed E-state index contributed by atoms with van der Waals surface area (Å²) in [4.78, 5) is 17.5. The van der Waals surface area contributed by atoms with Crippen LogP contribution in [0.5, 0.6) is 0 Å². The minimum atomic E-state index is -1.21. The lowest BCUT2D eigenvalue weighted by Crippen LogP contribution is -2.45. The Balaban J connectivity index is 1.44. The molecule has 0 amide bonds. The average Bonchev–Trinajstić information content (AvgIpc) is 3.47. The fourth-order valence-electron chi connectivity index (χ4n) is 4.41. The number of anilines is 1. The molecule has 1 atom stereocenters. The van der Waals surface area contributed by atoms with Crippen molar-refractivity contribution < 1.29 is 9.90 Å². The summed E-state index contributed by atoms with van der Waals surface area (Å²) >= 11 is 3.16. The largest absolute Gasteiger partial charge is 0.477 e. The molecular weight excluding hydrogens is 472 g/mol. The number of thiophene rings is 2. The lowest BCUT2D eigenvalue weighted by Gasteiger charge is -2.45. The molecule has 0 radical (unpaired) electrons. The zero-order valence-corrected chi connectivity index (χ0v) is 21.9. The quantitative estimate of drug-likeness (QED) is 0.276. The van der Waals surface area contributed by atoms with Gasteiger partial charge in [0, 0.05) is 37.8 Å². The van der Waals surface area contributed by atoms with Gasteiger partial charge in [0.25, 0.3) is 0 Å². The Bertz CT molecular complexity index is 1380. The van der Waals surface area contributed by atoms with Gasteiger partial charge in [-0.3, -0.25) is 0 Å². The van der Waals surface area contributed by atoms with Crippen molar-refractivity contribution in [1.82, 2.24) is 0 Å². The highest BCUT2D eigenvalue weighted by Gasteiger charge is 2.33.